The molecular weight excluding hydrogens is 394 g/mol. The Balaban J connectivity index is 1.76. The zero-order valence-electron chi connectivity index (χ0n) is 16.6. The van der Waals surface area contributed by atoms with Crippen LogP contribution in [0.5, 0.6) is 0 Å². The predicted molar refractivity (Wildman–Crippen MR) is 110 cm³/mol. The quantitative estimate of drug-likeness (QED) is 0.560. The van der Waals surface area contributed by atoms with Crippen LogP contribution in [0.1, 0.15) is 29.7 Å². The molecule has 2 aromatic carbocycles. The van der Waals surface area contributed by atoms with Crippen LogP contribution in [-0.2, 0) is 24.3 Å². The Bertz CT molecular complexity index is 988. The Morgan fingerprint density at radius 3 is 2.31 bits per heavy atom. The van der Waals surface area contributed by atoms with Gasteiger partial charge in [0.05, 0.1) is 10.9 Å². The number of primary sulfonamides is 1. The van der Waals surface area contributed by atoms with Gasteiger partial charge in [0.15, 0.2) is 6.61 Å². The first-order valence-corrected chi connectivity index (χ1v) is 10.5. The number of hydrogen-bond donors (Lipinski definition) is 3. The summed E-state index contributed by atoms with van der Waals surface area (Å²) >= 11 is 0. The molecule has 0 aromatic heterocycles. The van der Waals surface area contributed by atoms with Gasteiger partial charge in [-0.25, -0.2) is 13.6 Å². The summed E-state index contributed by atoms with van der Waals surface area (Å²) < 4.78 is 27.4. The number of amides is 1. The minimum absolute atomic E-state index is 0.0276. The number of esters is 1. The summed E-state index contributed by atoms with van der Waals surface area (Å²) in [7, 11) is -3.77. The second-order valence-corrected chi connectivity index (χ2v) is 8.28. The number of carbonyl (C=O) groups is 2. The Hall–Kier alpha value is -2.91. The van der Waals surface area contributed by atoms with Crippen LogP contribution < -0.4 is 15.8 Å². The molecule has 0 spiro atoms. The summed E-state index contributed by atoms with van der Waals surface area (Å²) in [5.74, 6) is -1.02. The minimum atomic E-state index is -3.77. The molecule has 8 nitrogen and oxygen atoms in total. The molecule has 0 heterocycles. The van der Waals surface area contributed by atoms with Crippen molar-refractivity contribution in [2.75, 3.05) is 18.5 Å². The molecule has 0 aliphatic carbocycles. The van der Waals surface area contributed by atoms with Gasteiger partial charge < -0.3 is 15.4 Å². The van der Waals surface area contributed by atoms with E-state index in [-0.39, 0.29) is 24.1 Å². The van der Waals surface area contributed by atoms with Crippen LogP contribution in [0.15, 0.2) is 47.4 Å². The van der Waals surface area contributed by atoms with Gasteiger partial charge >= 0.3 is 5.97 Å². The lowest BCUT2D eigenvalue weighted by Crippen LogP contribution is -2.32. The number of hydrogen-bond acceptors (Lipinski definition) is 6. The molecule has 9 heteroatoms. The second kappa shape index (κ2) is 9.53. The highest BCUT2D eigenvalue weighted by Gasteiger charge is 2.13. The molecule has 0 saturated carbocycles. The van der Waals surface area contributed by atoms with E-state index < -0.39 is 21.9 Å². The topological polar surface area (TPSA) is 128 Å². The molecule has 0 saturated heterocycles. The maximum atomic E-state index is 12.0. The number of nitrogens with one attached hydrogen (secondary N) is 2. The molecule has 156 valence electrons. The third kappa shape index (κ3) is 6.88. The van der Waals surface area contributed by atoms with E-state index in [1.807, 2.05) is 39.0 Å². The van der Waals surface area contributed by atoms with Crippen molar-refractivity contribution in [3.05, 3.63) is 59.2 Å². The van der Waals surface area contributed by atoms with Crippen molar-refractivity contribution in [1.82, 2.24) is 5.32 Å². The van der Waals surface area contributed by atoms with Crippen LogP contribution >= 0.6 is 0 Å². The fraction of sp³-hybridized carbons (Fsp3) is 0.300. The first-order chi connectivity index (χ1) is 13.6. The first-order valence-electron chi connectivity index (χ1n) is 8.95. The van der Waals surface area contributed by atoms with E-state index in [1.54, 1.807) is 0 Å². The number of nitrogens with two attached hydrogens (primary N) is 1. The van der Waals surface area contributed by atoms with E-state index in [1.165, 1.54) is 29.8 Å². The van der Waals surface area contributed by atoms with Gasteiger partial charge in [0, 0.05) is 5.69 Å². The summed E-state index contributed by atoms with van der Waals surface area (Å²) in [4.78, 5) is 23.8. The van der Waals surface area contributed by atoms with Crippen molar-refractivity contribution in [2.24, 2.45) is 5.14 Å². The van der Waals surface area contributed by atoms with Crippen molar-refractivity contribution in [3.63, 3.8) is 0 Å². The Morgan fingerprint density at radius 1 is 1.07 bits per heavy atom. The van der Waals surface area contributed by atoms with E-state index in [0.717, 1.165) is 11.1 Å². The fourth-order valence-corrected chi connectivity index (χ4v) is 3.05. The predicted octanol–water partition coefficient (Wildman–Crippen LogP) is 1.78. The average molecular weight is 420 g/mol. The van der Waals surface area contributed by atoms with Crippen molar-refractivity contribution in [2.45, 2.75) is 31.7 Å². The molecule has 0 aliphatic rings. The Kier molecular flexibility index (Phi) is 7.35. The maximum absolute atomic E-state index is 12.0. The lowest BCUT2D eigenvalue weighted by molar-refractivity contribution is -0.147. The van der Waals surface area contributed by atoms with Crippen molar-refractivity contribution >= 4 is 27.6 Å². The zero-order valence-corrected chi connectivity index (χ0v) is 17.4. The van der Waals surface area contributed by atoms with Gasteiger partial charge in [-0.1, -0.05) is 18.2 Å². The smallest absolute Gasteiger partial charge is 0.325 e. The molecule has 0 radical (unpaired) electrons. The van der Waals surface area contributed by atoms with Crippen LogP contribution in [0, 0.1) is 13.8 Å². The number of benzene rings is 2. The van der Waals surface area contributed by atoms with Crippen molar-refractivity contribution in [3.8, 4) is 0 Å². The van der Waals surface area contributed by atoms with Crippen LogP contribution in [0.25, 0.3) is 0 Å². The highest BCUT2D eigenvalue weighted by Crippen LogP contribution is 2.16. The number of ether oxygens (including phenoxy) is 1. The summed E-state index contributed by atoms with van der Waals surface area (Å²) in [5.41, 5.74) is 3.80. The molecule has 1 amide bonds. The lowest BCUT2D eigenvalue weighted by Gasteiger charge is -2.16. The summed E-state index contributed by atoms with van der Waals surface area (Å²) in [6.07, 6.45) is 0. The number of aryl methyl sites for hydroxylation is 2. The highest BCUT2D eigenvalue weighted by molar-refractivity contribution is 7.89. The lowest BCUT2D eigenvalue weighted by atomic mass is 10.0. The first kappa shape index (κ1) is 22.4. The van der Waals surface area contributed by atoms with Gasteiger partial charge in [-0.15, -0.1) is 0 Å². The van der Waals surface area contributed by atoms with Crippen molar-refractivity contribution in [1.29, 1.82) is 0 Å². The fourth-order valence-electron chi connectivity index (χ4n) is 2.53. The number of rotatable bonds is 8. The summed E-state index contributed by atoms with van der Waals surface area (Å²) in [6.45, 7) is 5.32. The van der Waals surface area contributed by atoms with E-state index in [0.29, 0.717) is 5.69 Å². The van der Waals surface area contributed by atoms with Crippen LogP contribution in [0.3, 0.4) is 0 Å². The van der Waals surface area contributed by atoms with Gasteiger partial charge in [-0.2, -0.15) is 0 Å². The van der Waals surface area contributed by atoms with E-state index in [4.69, 9.17) is 9.88 Å². The Morgan fingerprint density at radius 2 is 1.72 bits per heavy atom. The summed E-state index contributed by atoms with van der Waals surface area (Å²) in [5, 5.41) is 10.6. The molecule has 4 N–H and O–H groups in total. The van der Waals surface area contributed by atoms with Crippen LogP contribution in [0.4, 0.5) is 5.69 Å². The van der Waals surface area contributed by atoms with Gasteiger partial charge in [0.1, 0.15) is 6.54 Å². The molecule has 0 aliphatic heterocycles. The molecule has 29 heavy (non-hydrogen) atoms. The van der Waals surface area contributed by atoms with Crippen LogP contribution in [0.2, 0.25) is 0 Å². The van der Waals surface area contributed by atoms with Gasteiger partial charge in [0.25, 0.3) is 5.91 Å². The molecule has 1 atom stereocenters. The zero-order chi connectivity index (χ0) is 21.6. The molecular formula is C20H25N3O5S. The number of sulfonamides is 1. The van der Waals surface area contributed by atoms with Crippen LogP contribution in [-0.4, -0.2) is 33.4 Å². The van der Waals surface area contributed by atoms with E-state index >= 15 is 0 Å². The van der Waals surface area contributed by atoms with Crippen molar-refractivity contribution < 1.29 is 22.7 Å². The van der Waals surface area contributed by atoms with Gasteiger partial charge in [0.2, 0.25) is 10.0 Å². The Labute approximate surface area is 170 Å². The van der Waals surface area contributed by atoms with E-state index in [2.05, 4.69) is 10.6 Å². The highest BCUT2D eigenvalue weighted by atomic mass is 32.2. The number of anilines is 1. The van der Waals surface area contributed by atoms with E-state index in [9.17, 15) is 18.0 Å². The van der Waals surface area contributed by atoms with Gasteiger partial charge in [-0.3, -0.25) is 9.59 Å². The average Bonchev–Trinajstić information content (AvgIpc) is 2.66. The molecule has 0 bridgehead atoms. The molecule has 2 rings (SSSR count). The maximum Gasteiger partial charge on any atom is 0.325 e. The number of carbonyl (C=O) groups excluding carboxylic acids is 2. The summed E-state index contributed by atoms with van der Waals surface area (Å²) in [6, 6.07) is 11.3. The van der Waals surface area contributed by atoms with Gasteiger partial charge in [-0.05, 0) is 61.7 Å². The third-order valence-electron chi connectivity index (χ3n) is 4.39. The molecule has 1 unspecified atom stereocenters. The SMILES string of the molecule is Cc1ccc(C(C)NC(=O)COC(=O)CNc2ccc(S(N)(=O)=O)cc2)cc1C. The normalized spacial score (nSPS) is 12.1. The largest absolute Gasteiger partial charge is 0.454 e. The standard InChI is InChI=1S/C20H25N3O5S/c1-13-4-5-16(10-14(13)2)15(3)23-19(24)12-28-20(25)11-22-17-6-8-18(9-7-17)29(21,26)27/h4-10,15,22H,11-12H2,1-3H3,(H,23,24)(H2,21,26,27). The third-order valence-corrected chi connectivity index (χ3v) is 5.32. The molecule has 2 aromatic rings. The minimum Gasteiger partial charge on any atom is -0.454 e. The molecule has 0 fully saturated rings. The second-order valence-electron chi connectivity index (χ2n) is 6.72. The monoisotopic (exact) mass is 419 g/mol.